The van der Waals surface area contributed by atoms with Crippen LogP contribution in [-0.2, 0) is 32.6 Å². The zero-order valence-corrected chi connectivity index (χ0v) is 27.0. The molecule has 4 aromatic carbocycles. The van der Waals surface area contributed by atoms with Crippen LogP contribution in [0.4, 0.5) is 5.69 Å². The number of carbonyl (C=O) groups is 2. The van der Waals surface area contributed by atoms with Crippen molar-refractivity contribution in [1.29, 1.82) is 0 Å². The van der Waals surface area contributed by atoms with E-state index in [1.807, 2.05) is 82.3 Å². The van der Waals surface area contributed by atoms with Gasteiger partial charge in [-0.25, -0.2) is 8.42 Å². The topological polar surface area (TPSA) is 86.8 Å². The second-order valence-corrected chi connectivity index (χ2v) is 14.0. The van der Waals surface area contributed by atoms with E-state index in [0.29, 0.717) is 5.02 Å². The number of carbonyl (C=O) groups excluding carboxylic acids is 2. The van der Waals surface area contributed by atoms with Gasteiger partial charge in [-0.1, -0.05) is 90.5 Å². The first kappa shape index (κ1) is 32.8. The summed E-state index contributed by atoms with van der Waals surface area (Å²) in [5, 5.41) is 3.37. The molecule has 0 bridgehead atoms. The van der Waals surface area contributed by atoms with Crippen LogP contribution in [0.5, 0.6) is 0 Å². The Morgan fingerprint density at radius 1 is 0.841 bits per heavy atom. The van der Waals surface area contributed by atoms with Gasteiger partial charge in [0.05, 0.1) is 10.6 Å². The van der Waals surface area contributed by atoms with Crippen LogP contribution >= 0.6 is 11.6 Å². The van der Waals surface area contributed by atoms with Gasteiger partial charge >= 0.3 is 0 Å². The number of hydrogen-bond donors (Lipinski definition) is 1. The van der Waals surface area contributed by atoms with Gasteiger partial charge in [0.25, 0.3) is 10.0 Å². The monoisotopic (exact) mass is 631 g/mol. The Labute approximate surface area is 265 Å². The first-order chi connectivity index (χ1) is 20.8. The summed E-state index contributed by atoms with van der Waals surface area (Å²) >= 11 is 6.28. The van der Waals surface area contributed by atoms with Crippen LogP contribution in [-0.4, -0.2) is 43.3 Å². The van der Waals surface area contributed by atoms with Crippen LogP contribution in [0.1, 0.15) is 37.5 Å². The maximum Gasteiger partial charge on any atom is 0.264 e. The molecule has 0 radical (unpaired) electrons. The molecule has 0 spiro atoms. The predicted molar refractivity (Wildman–Crippen MR) is 176 cm³/mol. The SMILES string of the molecule is Cc1ccccc1CN(C(=O)CN(c1cccc(Cl)c1)S(=O)(=O)c1ccccc1)[C@@H](Cc1ccccc1)C(=O)NC(C)(C)C. The van der Waals surface area contributed by atoms with E-state index in [0.717, 1.165) is 21.0 Å². The number of rotatable bonds is 11. The van der Waals surface area contributed by atoms with Gasteiger partial charge in [-0.2, -0.15) is 0 Å². The van der Waals surface area contributed by atoms with Crippen molar-refractivity contribution in [2.24, 2.45) is 0 Å². The summed E-state index contributed by atoms with van der Waals surface area (Å²) in [6.45, 7) is 7.15. The first-order valence-corrected chi connectivity index (χ1v) is 16.2. The van der Waals surface area contributed by atoms with Crippen molar-refractivity contribution in [2.45, 2.75) is 57.1 Å². The third-order valence-electron chi connectivity index (χ3n) is 7.08. The third-order valence-corrected chi connectivity index (χ3v) is 9.10. The predicted octanol–water partition coefficient (Wildman–Crippen LogP) is 6.40. The number of aryl methyl sites for hydroxylation is 1. The van der Waals surface area contributed by atoms with Crippen molar-refractivity contribution in [1.82, 2.24) is 10.2 Å². The Hall–Kier alpha value is -4.14. The summed E-state index contributed by atoms with van der Waals surface area (Å²) in [5.41, 5.74) is 2.34. The Balaban J connectivity index is 1.82. The average molecular weight is 632 g/mol. The summed E-state index contributed by atoms with van der Waals surface area (Å²) in [4.78, 5) is 30.0. The highest BCUT2D eigenvalue weighted by Gasteiger charge is 2.35. The van der Waals surface area contributed by atoms with E-state index in [2.05, 4.69) is 5.32 Å². The van der Waals surface area contributed by atoms with E-state index >= 15 is 0 Å². The summed E-state index contributed by atoms with van der Waals surface area (Å²) in [5.74, 6) is -0.860. The van der Waals surface area contributed by atoms with Crippen molar-refractivity contribution in [2.75, 3.05) is 10.8 Å². The molecule has 7 nitrogen and oxygen atoms in total. The summed E-state index contributed by atoms with van der Waals surface area (Å²) in [6, 6.07) is 30.5. The van der Waals surface area contributed by atoms with E-state index in [1.54, 1.807) is 36.4 Å². The van der Waals surface area contributed by atoms with Gasteiger partial charge in [-0.05, 0) is 74.7 Å². The lowest BCUT2D eigenvalue weighted by Crippen LogP contribution is -2.56. The molecule has 0 unspecified atom stereocenters. The van der Waals surface area contributed by atoms with Crippen molar-refractivity contribution >= 4 is 39.1 Å². The molecule has 0 fully saturated rings. The molecule has 0 aliphatic rings. The molecule has 44 heavy (non-hydrogen) atoms. The number of amides is 2. The molecule has 1 N–H and O–H groups in total. The quantitative estimate of drug-likeness (QED) is 0.208. The third kappa shape index (κ3) is 8.49. The molecule has 230 valence electrons. The highest BCUT2D eigenvalue weighted by Crippen LogP contribution is 2.27. The Morgan fingerprint density at radius 3 is 2.07 bits per heavy atom. The molecule has 0 heterocycles. The number of halogens is 1. The fourth-order valence-electron chi connectivity index (χ4n) is 4.86. The van der Waals surface area contributed by atoms with Crippen molar-refractivity contribution < 1.29 is 18.0 Å². The fraction of sp³-hybridized carbons (Fsp3) is 0.257. The molecule has 0 aliphatic heterocycles. The summed E-state index contributed by atoms with van der Waals surface area (Å²) in [6.07, 6.45) is 0.239. The van der Waals surface area contributed by atoms with Gasteiger partial charge in [-0.15, -0.1) is 0 Å². The molecule has 1 atom stereocenters. The zero-order valence-electron chi connectivity index (χ0n) is 25.4. The number of sulfonamides is 1. The first-order valence-electron chi connectivity index (χ1n) is 14.4. The molecule has 0 aliphatic carbocycles. The van der Waals surface area contributed by atoms with Crippen molar-refractivity contribution in [3.8, 4) is 0 Å². The number of benzene rings is 4. The van der Waals surface area contributed by atoms with Crippen LogP contribution < -0.4 is 9.62 Å². The lowest BCUT2D eigenvalue weighted by molar-refractivity contribution is -0.140. The Morgan fingerprint density at radius 2 is 1.45 bits per heavy atom. The maximum atomic E-state index is 14.5. The molecule has 4 aromatic rings. The van der Waals surface area contributed by atoms with Gasteiger partial charge < -0.3 is 10.2 Å². The van der Waals surface area contributed by atoms with Crippen LogP contribution in [0.3, 0.4) is 0 Å². The fourth-order valence-corrected chi connectivity index (χ4v) is 6.47. The lowest BCUT2D eigenvalue weighted by Gasteiger charge is -2.35. The Bertz CT molecular complexity index is 1690. The van der Waals surface area contributed by atoms with E-state index in [9.17, 15) is 18.0 Å². The van der Waals surface area contributed by atoms with E-state index in [4.69, 9.17) is 11.6 Å². The van der Waals surface area contributed by atoms with Crippen molar-refractivity contribution in [3.05, 3.63) is 131 Å². The van der Waals surface area contributed by atoms with E-state index in [1.165, 1.54) is 23.1 Å². The molecule has 0 aromatic heterocycles. The number of anilines is 1. The zero-order chi connectivity index (χ0) is 31.9. The normalized spacial score (nSPS) is 12.3. The minimum atomic E-state index is -4.19. The average Bonchev–Trinajstić information content (AvgIpc) is 2.98. The molecule has 0 saturated heterocycles. The Kier molecular flexibility index (Phi) is 10.5. The molecular weight excluding hydrogens is 594 g/mol. The van der Waals surface area contributed by atoms with Gasteiger partial charge in [-0.3, -0.25) is 13.9 Å². The van der Waals surface area contributed by atoms with Gasteiger partial charge in [0.2, 0.25) is 11.8 Å². The lowest BCUT2D eigenvalue weighted by atomic mass is 10.00. The molecule has 0 saturated carbocycles. The highest BCUT2D eigenvalue weighted by atomic mass is 35.5. The molecular formula is C35H38ClN3O4S. The molecule has 9 heteroatoms. The maximum absolute atomic E-state index is 14.5. The van der Waals surface area contributed by atoms with Crippen LogP contribution in [0.15, 0.2) is 114 Å². The minimum absolute atomic E-state index is 0.0320. The van der Waals surface area contributed by atoms with Gasteiger partial charge in [0.15, 0.2) is 0 Å². The van der Waals surface area contributed by atoms with Crippen LogP contribution in [0.2, 0.25) is 5.02 Å². The van der Waals surface area contributed by atoms with Crippen LogP contribution in [0.25, 0.3) is 0 Å². The number of nitrogens with one attached hydrogen (secondary N) is 1. The molecule has 4 rings (SSSR count). The minimum Gasteiger partial charge on any atom is -0.350 e. The van der Waals surface area contributed by atoms with Gasteiger partial charge in [0.1, 0.15) is 12.6 Å². The number of nitrogens with zero attached hydrogens (tertiary/aromatic N) is 2. The summed E-state index contributed by atoms with van der Waals surface area (Å²) < 4.78 is 29.1. The van der Waals surface area contributed by atoms with E-state index in [-0.39, 0.29) is 29.5 Å². The smallest absolute Gasteiger partial charge is 0.264 e. The molecule has 2 amide bonds. The number of hydrogen-bond acceptors (Lipinski definition) is 4. The van der Waals surface area contributed by atoms with Gasteiger partial charge in [0, 0.05) is 23.5 Å². The second-order valence-electron chi connectivity index (χ2n) is 11.7. The van der Waals surface area contributed by atoms with Crippen molar-refractivity contribution in [3.63, 3.8) is 0 Å². The van der Waals surface area contributed by atoms with Crippen LogP contribution in [0, 0.1) is 6.92 Å². The standard InChI is InChI=1S/C35H38ClN3O4S/c1-26-14-11-12-17-28(26)24-38(32(34(41)37-35(2,3)4)22-27-15-7-5-8-16-27)33(40)25-39(30-19-13-18-29(36)23-30)44(42,43)31-20-9-6-10-21-31/h5-21,23,32H,22,24-25H2,1-4H3,(H,37,41)/t32-/m0/s1. The summed E-state index contributed by atoms with van der Waals surface area (Å²) in [7, 11) is -4.19. The second kappa shape index (κ2) is 14.1. The van der Waals surface area contributed by atoms with E-state index < -0.39 is 34.1 Å². The highest BCUT2D eigenvalue weighted by molar-refractivity contribution is 7.92. The largest absolute Gasteiger partial charge is 0.350 e.